The van der Waals surface area contributed by atoms with Gasteiger partial charge in [0.15, 0.2) is 0 Å². The van der Waals surface area contributed by atoms with Crippen molar-refractivity contribution in [2.45, 2.75) is 39.0 Å². The molecule has 6 nitrogen and oxygen atoms in total. The zero-order chi connectivity index (χ0) is 16.4. The van der Waals surface area contributed by atoms with Crippen LogP contribution in [0.3, 0.4) is 0 Å². The molecule has 6 heteroatoms. The van der Waals surface area contributed by atoms with Gasteiger partial charge in [-0.1, -0.05) is 13.3 Å². The molecule has 0 aromatic heterocycles. The van der Waals surface area contributed by atoms with Gasteiger partial charge in [-0.2, -0.15) is 0 Å². The topological polar surface area (TPSA) is 102 Å². The number of rotatable bonds is 10. The summed E-state index contributed by atoms with van der Waals surface area (Å²) < 4.78 is 5.46. The summed E-state index contributed by atoms with van der Waals surface area (Å²) in [6.07, 6.45) is 3.22. The van der Waals surface area contributed by atoms with E-state index in [1.165, 1.54) is 0 Å². The number of carboxylic acids is 1. The van der Waals surface area contributed by atoms with Gasteiger partial charge in [-0.05, 0) is 37.5 Å². The van der Waals surface area contributed by atoms with Crippen molar-refractivity contribution < 1.29 is 19.4 Å². The number of nitrogens with two attached hydrogens (primary N) is 1. The molecule has 0 aliphatic carbocycles. The van der Waals surface area contributed by atoms with Crippen LogP contribution in [0.5, 0.6) is 5.75 Å². The summed E-state index contributed by atoms with van der Waals surface area (Å²) in [6, 6.07) is 4.98. The lowest BCUT2D eigenvalue weighted by atomic mass is 10.1. The zero-order valence-corrected chi connectivity index (χ0v) is 12.9. The van der Waals surface area contributed by atoms with Crippen molar-refractivity contribution in [3.8, 4) is 5.75 Å². The number of carboxylic acid groups (broad SMARTS) is 1. The van der Waals surface area contributed by atoms with Crippen molar-refractivity contribution in [1.82, 2.24) is 5.32 Å². The number of amides is 1. The molecule has 1 aromatic rings. The van der Waals surface area contributed by atoms with Crippen molar-refractivity contribution in [1.29, 1.82) is 0 Å². The van der Waals surface area contributed by atoms with Crippen LogP contribution in [0.25, 0.3) is 0 Å². The Bertz CT molecular complexity index is 503. The van der Waals surface area contributed by atoms with E-state index in [1.807, 2.05) is 6.92 Å². The molecule has 0 aliphatic heterocycles. The Balaban J connectivity index is 2.36. The molecule has 22 heavy (non-hydrogen) atoms. The van der Waals surface area contributed by atoms with Crippen LogP contribution in [0.2, 0.25) is 0 Å². The number of hydrogen-bond acceptors (Lipinski definition) is 4. The first-order valence-corrected chi connectivity index (χ1v) is 7.57. The number of anilines is 1. The van der Waals surface area contributed by atoms with Crippen molar-refractivity contribution in [3.05, 3.63) is 23.8 Å². The van der Waals surface area contributed by atoms with Crippen LogP contribution in [0.15, 0.2) is 18.2 Å². The van der Waals surface area contributed by atoms with Crippen LogP contribution in [-0.4, -0.2) is 30.1 Å². The number of unbranched alkanes of at least 4 members (excludes halogenated alkanes) is 2. The van der Waals surface area contributed by atoms with Gasteiger partial charge in [-0.15, -0.1) is 0 Å². The van der Waals surface area contributed by atoms with Gasteiger partial charge in [0.2, 0.25) is 0 Å². The van der Waals surface area contributed by atoms with Crippen molar-refractivity contribution in [2.75, 3.05) is 18.9 Å². The van der Waals surface area contributed by atoms with Crippen LogP contribution in [-0.2, 0) is 4.79 Å². The smallest absolute Gasteiger partial charge is 0.303 e. The maximum Gasteiger partial charge on any atom is 0.303 e. The van der Waals surface area contributed by atoms with E-state index in [0.717, 1.165) is 19.3 Å². The maximum atomic E-state index is 12.0. The highest BCUT2D eigenvalue weighted by atomic mass is 16.5. The van der Waals surface area contributed by atoms with Crippen LogP contribution >= 0.6 is 0 Å². The summed E-state index contributed by atoms with van der Waals surface area (Å²) in [5.74, 6) is -0.385. The quantitative estimate of drug-likeness (QED) is 0.455. The normalized spacial score (nSPS) is 10.2. The SMILES string of the molecule is CCCOc1ccc(C(=O)NCCCCCC(=O)O)cc1N. The third-order valence-corrected chi connectivity index (χ3v) is 3.09. The molecule has 0 fully saturated rings. The molecule has 0 heterocycles. The summed E-state index contributed by atoms with van der Waals surface area (Å²) in [5, 5.41) is 11.3. The Morgan fingerprint density at radius 1 is 1.27 bits per heavy atom. The van der Waals surface area contributed by atoms with E-state index in [4.69, 9.17) is 15.6 Å². The van der Waals surface area contributed by atoms with Crippen LogP contribution in [0.1, 0.15) is 49.4 Å². The number of ether oxygens (including phenoxy) is 1. The van der Waals surface area contributed by atoms with Gasteiger partial charge in [-0.3, -0.25) is 9.59 Å². The van der Waals surface area contributed by atoms with Crippen molar-refractivity contribution in [3.63, 3.8) is 0 Å². The number of hydrogen-bond donors (Lipinski definition) is 3. The number of aliphatic carboxylic acids is 1. The van der Waals surface area contributed by atoms with Gasteiger partial charge in [-0.25, -0.2) is 0 Å². The average Bonchev–Trinajstić information content (AvgIpc) is 2.49. The zero-order valence-electron chi connectivity index (χ0n) is 12.9. The molecule has 1 amide bonds. The standard InChI is InChI=1S/C16H24N2O4/c1-2-10-22-14-8-7-12(11-13(14)17)16(21)18-9-5-3-4-6-15(19)20/h7-8,11H,2-6,9-10,17H2,1H3,(H,18,21)(H,19,20). The molecule has 1 rings (SSSR count). The molecule has 4 N–H and O–H groups in total. The van der Waals surface area contributed by atoms with Gasteiger partial charge in [0.05, 0.1) is 12.3 Å². The second-order valence-corrected chi connectivity index (χ2v) is 5.06. The van der Waals surface area contributed by atoms with Gasteiger partial charge in [0.1, 0.15) is 5.75 Å². The highest BCUT2D eigenvalue weighted by molar-refractivity contribution is 5.95. The van der Waals surface area contributed by atoms with Gasteiger partial charge in [0, 0.05) is 18.5 Å². The van der Waals surface area contributed by atoms with Gasteiger partial charge >= 0.3 is 5.97 Å². The molecule has 0 unspecified atom stereocenters. The Hall–Kier alpha value is -2.24. The Kier molecular flexibility index (Phi) is 7.81. The summed E-state index contributed by atoms with van der Waals surface area (Å²) in [4.78, 5) is 22.3. The van der Waals surface area contributed by atoms with E-state index in [1.54, 1.807) is 18.2 Å². The predicted octanol–water partition coefficient (Wildman–Crippen LogP) is 2.43. The van der Waals surface area contributed by atoms with Crippen LogP contribution in [0.4, 0.5) is 5.69 Å². The number of carbonyl (C=O) groups excluding carboxylic acids is 1. The van der Waals surface area contributed by atoms with Crippen molar-refractivity contribution >= 4 is 17.6 Å². The molecule has 1 aromatic carbocycles. The Morgan fingerprint density at radius 2 is 2.05 bits per heavy atom. The number of benzene rings is 1. The maximum absolute atomic E-state index is 12.0. The van der Waals surface area contributed by atoms with Crippen LogP contribution < -0.4 is 15.8 Å². The molecular weight excluding hydrogens is 284 g/mol. The Labute approximate surface area is 130 Å². The van der Waals surface area contributed by atoms with E-state index in [0.29, 0.717) is 36.6 Å². The first-order valence-electron chi connectivity index (χ1n) is 7.57. The molecule has 0 spiro atoms. The number of nitrogens with one attached hydrogen (secondary N) is 1. The van der Waals surface area contributed by atoms with Crippen molar-refractivity contribution in [2.24, 2.45) is 0 Å². The van der Waals surface area contributed by atoms with Crippen LogP contribution in [0, 0.1) is 0 Å². The second kappa shape index (κ2) is 9.65. The lowest BCUT2D eigenvalue weighted by molar-refractivity contribution is -0.137. The summed E-state index contributed by atoms with van der Waals surface area (Å²) in [7, 11) is 0. The molecule has 0 atom stereocenters. The predicted molar refractivity (Wildman–Crippen MR) is 85.1 cm³/mol. The van der Waals surface area contributed by atoms with Gasteiger partial charge < -0.3 is 20.9 Å². The number of carbonyl (C=O) groups is 2. The second-order valence-electron chi connectivity index (χ2n) is 5.06. The van der Waals surface area contributed by atoms with E-state index >= 15 is 0 Å². The summed E-state index contributed by atoms with van der Waals surface area (Å²) in [6.45, 7) is 3.12. The summed E-state index contributed by atoms with van der Waals surface area (Å²) in [5.41, 5.74) is 6.80. The fourth-order valence-corrected chi connectivity index (χ4v) is 1.92. The minimum atomic E-state index is -0.787. The summed E-state index contributed by atoms with van der Waals surface area (Å²) >= 11 is 0. The minimum Gasteiger partial charge on any atom is -0.491 e. The van der Waals surface area contributed by atoms with E-state index in [2.05, 4.69) is 5.32 Å². The number of nitrogen functional groups attached to an aromatic ring is 1. The largest absolute Gasteiger partial charge is 0.491 e. The third-order valence-electron chi connectivity index (χ3n) is 3.09. The molecule has 0 radical (unpaired) electrons. The molecule has 0 aliphatic rings. The fraction of sp³-hybridized carbons (Fsp3) is 0.500. The minimum absolute atomic E-state index is 0.170. The first kappa shape index (κ1) is 17.8. The van der Waals surface area contributed by atoms with E-state index < -0.39 is 5.97 Å². The fourth-order valence-electron chi connectivity index (χ4n) is 1.92. The lowest BCUT2D eigenvalue weighted by Crippen LogP contribution is -2.24. The highest BCUT2D eigenvalue weighted by Gasteiger charge is 2.08. The van der Waals surface area contributed by atoms with E-state index in [-0.39, 0.29) is 12.3 Å². The lowest BCUT2D eigenvalue weighted by Gasteiger charge is -2.10. The highest BCUT2D eigenvalue weighted by Crippen LogP contribution is 2.22. The molecule has 122 valence electrons. The monoisotopic (exact) mass is 308 g/mol. The molecule has 0 saturated carbocycles. The first-order chi connectivity index (χ1) is 10.5. The Morgan fingerprint density at radius 3 is 2.68 bits per heavy atom. The average molecular weight is 308 g/mol. The van der Waals surface area contributed by atoms with E-state index in [9.17, 15) is 9.59 Å². The van der Waals surface area contributed by atoms with Gasteiger partial charge in [0.25, 0.3) is 5.91 Å². The molecular formula is C16H24N2O4. The third kappa shape index (κ3) is 6.47. The molecule has 0 saturated heterocycles. The molecule has 0 bridgehead atoms.